The van der Waals surface area contributed by atoms with Gasteiger partial charge in [0.05, 0.1) is 12.7 Å². The Morgan fingerprint density at radius 2 is 2.07 bits per heavy atom. The molecule has 0 aliphatic rings. The van der Waals surface area contributed by atoms with Gasteiger partial charge in [-0.1, -0.05) is 30.2 Å². The molecule has 1 heterocycles. The lowest BCUT2D eigenvalue weighted by Crippen LogP contribution is -1.93. The second-order valence-corrected chi connectivity index (χ2v) is 3.36. The van der Waals surface area contributed by atoms with E-state index in [9.17, 15) is 0 Å². The Hall–Kier alpha value is -1.28. The Morgan fingerprint density at radius 1 is 1.27 bits per heavy atom. The van der Waals surface area contributed by atoms with Crippen LogP contribution >= 0.6 is 11.6 Å². The molecule has 1 aromatic carbocycles. The highest BCUT2D eigenvalue weighted by atomic mass is 35.5. The predicted octanol–water partition coefficient (Wildman–Crippen LogP) is 2.93. The normalized spacial score (nSPS) is 15.1. The average Bonchev–Trinajstić information content (AvgIpc) is 2.91. The van der Waals surface area contributed by atoms with E-state index in [1.54, 1.807) is 6.20 Å². The van der Waals surface area contributed by atoms with E-state index in [1.807, 2.05) is 0 Å². The minimum absolute atomic E-state index is 0.153. The monoisotopic (exact) mass is 225 g/mol. The van der Waals surface area contributed by atoms with Crippen LogP contribution in [0.4, 0.5) is 0 Å². The Bertz CT molecular complexity index is 612. The summed E-state index contributed by atoms with van der Waals surface area (Å²) in [6.45, 7) is 0. The Balaban J connectivity index is 2.25. The molecular weight excluding hydrogens is 208 g/mol. The van der Waals surface area contributed by atoms with E-state index in [1.165, 1.54) is 0 Å². The van der Waals surface area contributed by atoms with E-state index in [0.717, 1.165) is 5.69 Å². The highest BCUT2D eigenvalue weighted by Crippen LogP contribution is 2.06. The maximum atomic E-state index is 7.82. The van der Waals surface area contributed by atoms with Gasteiger partial charge in [0.2, 0.25) is 0 Å². The number of H-pyrrole nitrogens is 1. The molecule has 0 saturated heterocycles. The molecular formula is C12H13ClN2. The number of nitrogens with one attached hydrogen (secondary N) is 1. The van der Waals surface area contributed by atoms with Crippen LogP contribution in [0.5, 0.6) is 0 Å². The van der Waals surface area contributed by atoms with Crippen LogP contribution in [0.15, 0.2) is 36.4 Å². The van der Waals surface area contributed by atoms with Crippen molar-refractivity contribution in [3.05, 3.63) is 53.5 Å². The molecule has 0 fully saturated rings. The lowest BCUT2D eigenvalue weighted by Gasteiger charge is -1.98. The molecule has 0 amide bonds. The van der Waals surface area contributed by atoms with Crippen molar-refractivity contribution in [1.82, 2.24) is 9.97 Å². The number of rotatable bonds is 4. The third-order valence-electron chi connectivity index (χ3n) is 1.99. The highest BCUT2D eigenvalue weighted by Gasteiger charge is 1.99. The van der Waals surface area contributed by atoms with Crippen LogP contribution < -0.4 is 0 Å². The van der Waals surface area contributed by atoms with Crippen LogP contribution in [0.1, 0.15) is 23.9 Å². The van der Waals surface area contributed by atoms with Gasteiger partial charge in [0.1, 0.15) is 5.82 Å². The zero-order chi connectivity index (χ0) is 14.9. The summed E-state index contributed by atoms with van der Waals surface area (Å²) in [7, 11) is 0. The topological polar surface area (TPSA) is 28.7 Å². The SMILES string of the molecule is [2H]c1c([2H])c([2H])c(CCc2ncc(CCl)[nH]2)c([2H])c1[2H]. The first-order valence-electron chi connectivity index (χ1n) is 7.10. The molecule has 0 unspecified atom stereocenters. The third kappa shape index (κ3) is 2.83. The molecule has 0 aliphatic carbocycles. The quantitative estimate of drug-likeness (QED) is 0.797. The van der Waals surface area contributed by atoms with Gasteiger partial charge in [-0.3, -0.25) is 0 Å². The number of hydrogen-bond donors (Lipinski definition) is 1. The minimum Gasteiger partial charge on any atom is -0.345 e. The number of halogens is 1. The Labute approximate surface area is 101 Å². The summed E-state index contributed by atoms with van der Waals surface area (Å²) in [5, 5.41) is 0. The number of hydrogen-bond acceptors (Lipinski definition) is 1. The van der Waals surface area contributed by atoms with E-state index in [0.29, 0.717) is 30.1 Å². The molecule has 0 aliphatic heterocycles. The van der Waals surface area contributed by atoms with E-state index >= 15 is 0 Å². The first-order chi connectivity index (χ1) is 9.45. The van der Waals surface area contributed by atoms with Crippen LogP contribution in [0.25, 0.3) is 0 Å². The van der Waals surface area contributed by atoms with E-state index < -0.39 is 0 Å². The first-order valence-corrected chi connectivity index (χ1v) is 5.13. The van der Waals surface area contributed by atoms with Crippen LogP contribution in [0.3, 0.4) is 0 Å². The third-order valence-corrected chi connectivity index (χ3v) is 2.28. The van der Waals surface area contributed by atoms with Gasteiger partial charge in [0.15, 0.2) is 0 Å². The molecule has 0 saturated carbocycles. The summed E-state index contributed by atoms with van der Waals surface area (Å²) >= 11 is 5.67. The summed E-state index contributed by atoms with van der Waals surface area (Å²) < 4.78 is 38.4. The van der Waals surface area contributed by atoms with Crippen LogP contribution in [0.2, 0.25) is 0 Å². The van der Waals surface area contributed by atoms with Crippen LogP contribution in [-0.4, -0.2) is 9.97 Å². The number of alkyl halides is 1. The Kier molecular flexibility index (Phi) is 1.90. The van der Waals surface area contributed by atoms with Crippen LogP contribution in [0, 0.1) is 0 Å². The molecule has 0 atom stereocenters. The molecule has 3 heteroatoms. The van der Waals surface area contributed by atoms with Crippen molar-refractivity contribution < 1.29 is 6.85 Å². The van der Waals surface area contributed by atoms with Gasteiger partial charge in [-0.15, -0.1) is 11.6 Å². The standard InChI is InChI=1S/C12H13ClN2/c13-8-11-9-14-12(15-11)7-6-10-4-2-1-3-5-10/h1-5,9H,6-8H2,(H,14,15)/i1D,2D,3D,4D,5D. The molecule has 2 rings (SSSR count). The smallest absolute Gasteiger partial charge is 0.106 e. The maximum absolute atomic E-state index is 7.82. The van der Waals surface area contributed by atoms with Gasteiger partial charge in [0.25, 0.3) is 0 Å². The van der Waals surface area contributed by atoms with Gasteiger partial charge in [-0.2, -0.15) is 0 Å². The van der Waals surface area contributed by atoms with Gasteiger partial charge >= 0.3 is 0 Å². The van der Waals surface area contributed by atoms with Gasteiger partial charge in [-0.05, 0) is 12.0 Å². The van der Waals surface area contributed by atoms with E-state index in [-0.39, 0.29) is 30.2 Å². The summed E-state index contributed by atoms with van der Waals surface area (Å²) in [5.41, 5.74) is 1.10. The number of aromatic nitrogens is 2. The zero-order valence-electron chi connectivity index (χ0n) is 13.0. The number of aromatic amines is 1. The fourth-order valence-corrected chi connectivity index (χ4v) is 1.38. The summed E-state index contributed by atoms with van der Waals surface area (Å²) in [5.74, 6) is 1.02. The molecule has 0 spiro atoms. The lowest BCUT2D eigenvalue weighted by atomic mass is 10.1. The van der Waals surface area contributed by atoms with Crippen molar-refractivity contribution in [2.45, 2.75) is 18.7 Å². The number of nitrogens with zero attached hydrogens (tertiary/aromatic N) is 1. The summed E-state index contributed by atoms with van der Waals surface area (Å²) in [6.07, 6.45) is 2.42. The van der Waals surface area contributed by atoms with Crippen molar-refractivity contribution in [1.29, 1.82) is 0 Å². The maximum Gasteiger partial charge on any atom is 0.106 e. The number of benzene rings is 1. The summed E-state index contributed by atoms with van der Waals surface area (Å²) in [6, 6.07) is -1.28. The summed E-state index contributed by atoms with van der Waals surface area (Å²) in [4.78, 5) is 7.15. The van der Waals surface area contributed by atoms with E-state index in [2.05, 4.69) is 9.97 Å². The lowest BCUT2D eigenvalue weighted by molar-refractivity contribution is 0.880. The minimum atomic E-state index is -0.369. The molecule has 1 aromatic heterocycles. The molecule has 78 valence electrons. The largest absolute Gasteiger partial charge is 0.345 e. The fourth-order valence-electron chi connectivity index (χ4n) is 1.24. The van der Waals surface area contributed by atoms with Gasteiger partial charge < -0.3 is 4.98 Å². The van der Waals surface area contributed by atoms with E-state index in [4.69, 9.17) is 18.5 Å². The van der Waals surface area contributed by atoms with Gasteiger partial charge in [-0.25, -0.2) is 4.98 Å². The van der Waals surface area contributed by atoms with Crippen molar-refractivity contribution in [3.8, 4) is 0 Å². The first kappa shape index (κ1) is 5.71. The molecule has 0 radical (unpaired) electrons. The highest BCUT2D eigenvalue weighted by molar-refractivity contribution is 6.16. The predicted molar refractivity (Wildman–Crippen MR) is 62.0 cm³/mol. The molecule has 2 aromatic rings. The zero-order valence-corrected chi connectivity index (χ0v) is 8.78. The van der Waals surface area contributed by atoms with Gasteiger partial charge in [0, 0.05) is 18.3 Å². The van der Waals surface area contributed by atoms with Crippen LogP contribution in [-0.2, 0) is 18.7 Å². The number of imidazole rings is 1. The Morgan fingerprint density at radius 3 is 2.73 bits per heavy atom. The van der Waals surface area contributed by atoms with Crippen molar-refractivity contribution >= 4 is 11.6 Å². The van der Waals surface area contributed by atoms with Crippen molar-refractivity contribution in [2.75, 3.05) is 0 Å². The number of aryl methyl sites for hydroxylation is 1. The molecule has 1 N–H and O–H groups in total. The van der Waals surface area contributed by atoms with Crippen molar-refractivity contribution in [2.24, 2.45) is 0 Å². The second kappa shape index (κ2) is 4.99. The molecule has 2 nitrogen and oxygen atoms in total. The average molecular weight is 226 g/mol. The van der Waals surface area contributed by atoms with Crippen molar-refractivity contribution in [3.63, 3.8) is 0 Å². The second-order valence-electron chi connectivity index (χ2n) is 3.09. The molecule has 15 heavy (non-hydrogen) atoms. The fraction of sp³-hybridized carbons (Fsp3) is 0.250. The molecule has 0 bridgehead atoms.